The van der Waals surface area contributed by atoms with E-state index in [4.69, 9.17) is 28.4 Å². The van der Waals surface area contributed by atoms with Crippen molar-refractivity contribution < 1.29 is 83.3 Å². The van der Waals surface area contributed by atoms with E-state index < -0.39 is 135 Å². The van der Waals surface area contributed by atoms with Gasteiger partial charge in [-0.05, 0) is 6.42 Å². The third-order valence-corrected chi connectivity index (χ3v) is 9.84. The fourth-order valence-corrected chi connectivity index (χ4v) is 7.11. The quantitative estimate of drug-likeness (QED) is 0.0437. The predicted octanol–water partition coefficient (Wildman–Crippen LogP) is -4.43. The molecule has 15 atom stereocenters. The highest BCUT2D eigenvalue weighted by atomic mass is 16.6. The van der Waals surface area contributed by atoms with Crippen molar-refractivity contribution in [3.05, 3.63) is 0 Å². The van der Waals surface area contributed by atoms with Crippen molar-refractivity contribution in [3.63, 3.8) is 0 Å². The van der Waals surface area contributed by atoms with Gasteiger partial charge in [0, 0.05) is 33.1 Å². The van der Waals surface area contributed by atoms with Crippen LogP contribution >= 0.6 is 0 Å². The molecule has 3 rings (SSSR count). The lowest BCUT2D eigenvalue weighted by molar-refractivity contribution is -0.249. The number of carbonyl (C=O) groups excluding carboxylic acids is 4. The fourth-order valence-electron chi connectivity index (χ4n) is 7.11. The number of rotatable bonds is 19. The van der Waals surface area contributed by atoms with E-state index in [0.717, 1.165) is 12.8 Å². The summed E-state index contributed by atoms with van der Waals surface area (Å²) in [5.74, 6) is -3.99. The van der Waals surface area contributed by atoms with E-state index in [9.17, 15) is 54.9 Å². The van der Waals surface area contributed by atoms with Crippen LogP contribution in [0.3, 0.4) is 0 Å². The van der Waals surface area contributed by atoms with Crippen LogP contribution in [-0.4, -0.2) is 185 Å². The first-order valence-corrected chi connectivity index (χ1v) is 18.3. The smallest absolute Gasteiger partial charge is 0.306 e. The Labute approximate surface area is 313 Å². The number of esters is 1. The van der Waals surface area contributed by atoms with Crippen LogP contribution in [0.1, 0.15) is 53.4 Å². The van der Waals surface area contributed by atoms with E-state index in [1.54, 1.807) is 0 Å². The van der Waals surface area contributed by atoms with Gasteiger partial charge in [0.05, 0.1) is 82.6 Å². The largest absolute Gasteiger partial charge is 0.460 e. The maximum Gasteiger partial charge on any atom is 0.306 e. The van der Waals surface area contributed by atoms with Crippen molar-refractivity contribution >= 4 is 23.7 Å². The van der Waals surface area contributed by atoms with Crippen LogP contribution in [-0.2, 0) is 47.6 Å². The highest BCUT2D eigenvalue weighted by Gasteiger charge is 2.50. The molecule has 54 heavy (non-hydrogen) atoms. The molecule has 0 aromatic carbocycles. The summed E-state index contributed by atoms with van der Waals surface area (Å²) in [6.07, 6.45) is -10.3. The molecule has 0 saturated carbocycles. The lowest BCUT2D eigenvalue weighted by Crippen LogP contribution is -2.66. The number of hydrogen-bond donors (Lipinski definition) is 10. The summed E-state index contributed by atoms with van der Waals surface area (Å²) in [7, 11) is 0. The van der Waals surface area contributed by atoms with Crippen molar-refractivity contribution in [2.45, 2.75) is 133 Å². The molecule has 6 unspecified atom stereocenters. The van der Waals surface area contributed by atoms with E-state index in [1.807, 2.05) is 6.92 Å². The van der Waals surface area contributed by atoms with E-state index >= 15 is 0 Å². The number of aliphatic hydroxyl groups is 7. The van der Waals surface area contributed by atoms with Gasteiger partial charge in [0.2, 0.25) is 17.7 Å². The maximum absolute atomic E-state index is 13.2. The van der Waals surface area contributed by atoms with Crippen molar-refractivity contribution in [2.75, 3.05) is 46.2 Å². The lowest BCUT2D eigenvalue weighted by atomic mass is 9.85. The van der Waals surface area contributed by atoms with Crippen molar-refractivity contribution in [3.8, 4) is 0 Å². The minimum Gasteiger partial charge on any atom is -0.460 e. The Hall–Kier alpha value is -2.60. The third-order valence-electron chi connectivity index (χ3n) is 9.84. The summed E-state index contributed by atoms with van der Waals surface area (Å²) in [6, 6.07) is -3.39. The second kappa shape index (κ2) is 22.2. The maximum atomic E-state index is 13.2. The summed E-state index contributed by atoms with van der Waals surface area (Å²) in [5, 5.41) is 80.1. The standard InChI is InChI=1S/C34H59N3O17/c1-5-6-7-8-26(44)54-33-20(13-50-14-24-27(35-16(2)41)32(47)31(46)23(11-40)52-24)22(10-39)51-25(28(33)36-17(3)42)15-49-12-19-21(9-38)53-34(48)29(30(19)45)37-18(4)43/h19-25,27-34,38-40,45-48H,5-15H2,1-4H3,(H,35,41)(H,36,42)(H,37,43)/t19-,20-,21?,22?,23?,24+,25+,27?,28?,29?,30+,31-,32-,33+,34-/m1/s1. The average Bonchev–Trinajstić information content (AvgIpc) is 3.11. The molecular weight excluding hydrogens is 722 g/mol. The van der Waals surface area contributed by atoms with E-state index in [0.29, 0.717) is 6.42 Å². The van der Waals surface area contributed by atoms with Gasteiger partial charge in [0.1, 0.15) is 42.7 Å². The first-order valence-electron chi connectivity index (χ1n) is 18.3. The molecule has 0 aromatic heterocycles. The normalized spacial score (nSPS) is 36.9. The molecule has 3 aliphatic heterocycles. The molecule has 3 heterocycles. The van der Waals surface area contributed by atoms with Gasteiger partial charge in [-0.25, -0.2) is 0 Å². The van der Waals surface area contributed by atoms with Crippen LogP contribution in [0.4, 0.5) is 0 Å². The summed E-state index contributed by atoms with van der Waals surface area (Å²) in [4.78, 5) is 49.3. The first kappa shape index (κ1) is 45.8. The fraction of sp³-hybridized carbons (Fsp3) is 0.882. The monoisotopic (exact) mass is 781 g/mol. The van der Waals surface area contributed by atoms with E-state index in [1.165, 1.54) is 20.8 Å². The van der Waals surface area contributed by atoms with Gasteiger partial charge in [-0.15, -0.1) is 0 Å². The zero-order valence-electron chi connectivity index (χ0n) is 31.2. The summed E-state index contributed by atoms with van der Waals surface area (Å²) >= 11 is 0. The van der Waals surface area contributed by atoms with Crippen molar-refractivity contribution in [1.29, 1.82) is 0 Å². The van der Waals surface area contributed by atoms with Crippen molar-refractivity contribution in [2.24, 2.45) is 11.8 Å². The zero-order valence-corrected chi connectivity index (χ0v) is 31.2. The van der Waals surface area contributed by atoms with Gasteiger partial charge >= 0.3 is 5.97 Å². The van der Waals surface area contributed by atoms with E-state index in [2.05, 4.69) is 16.0 Å². The predicted molar refractivity (Wildman–Crippen MR) is 183 cm³/mol. The SMILES string of the molecule is CCCCCC(=O)O[C@@H]1C(NC(C)=O)[C@H](COC[C@@H]2C(CO)O[C@@H](O)C(NC(C)=O)[C@H]2O)OC(CO)[C@H]1COC[C@@H]1OC(CO)[C@@H](O)[C@H](O)C1NC(C)=O. The zero-order chi connectivity index (χ0) is 40.1. The second-order valence-corrected chi connectivity index (χ2v) is 14.0. The Kier molecular flexibility index (Phi) is 18.8. The first-order chi connectivity index (χ1) is 25.7. The number of ether oxygens (including phenoxy) is 6. The molecule has 0 aliphatic carbocycles. The second-order valence-electron chi connectivity index (χ2n) is 14.0. The third kappa shape index (κ3) is 12.5. The highest BCUT2D eigenvalue weighted by Crippen LogP contribution is 2.32. The number of carbonyl (C=O) groups is 4. The lowest BCUT2D eigenvalue weighted by Gasteiger charge is -2.47. The number of aliphatic hydroxyl groups excluding tert-OH is 7. The molecule has 0 bridgehead atoms. The Morgan fingerprint density at radius 2 is 1.07 bits per heavy atom. The van der Waals surface area contributed by atoms with Crippen LogP contribution in [0.15, 0.2) is 0 Å². The van der Waals surface area contributed by atoms with Crippen LogP contribution in [0.2, 0.25) is 0 Å². The molecule has 20 heteroatoms. The Bertz CT molecular complexity index is 1200. The molecule has 0 aromatic rings. The molecule has 3 fully saturated rings. The molecule has 3 amide bonds. The minimum absolute atomic E-state index is 0.0665. The Balaban J connectivity index is 1.83. The van der Waals surface area contributed by atoms with E-state index in [-0.39, 0.29) is 32.8 Å². The van der Waals surface area contributed by atoms with Gasteiger partial charge in [-0.1, -0.05) is 19.8 Å². The van der Waals surface area contributed by atoms with Gasteiger partial charge in [-0.3, -0.25) is 19.2 Å². The molecule has 0 radical (unpaired) electrons. The number of unbranched alkanes of at least 4 members (excludes halogenated alkanes) is 2. The van der Waals surface area contributed by atoms with Crippen LogP contribution in [0.5, 0.6) is 0 Å². The molecule has 0 spiro atoms. The average molecular weight is 782 g/mol. The number of hydrogen-bond acceptors (Lipinski definition) is 17. The topological polar surface area (TPSA) is 301 Å². The Morgan fingerprint density at radius 1 is 0.574 bits per heavy atom. The molecule has 3 aliphatic rings. The van der Waals surface area contributed by atoms with Gasteiger partial charge in [0.25, 0.3) is 0 Å². The Morgan fingerprint density at radius 3 is 1.63 bits per heavy atom. The van der Waals surface area contributed by atoms with Gasteiger partial charge in [0.15, 0.2) is 6.29 Å². The molecule has 10 N–H and O–H groups in total. The minimum atomic E-state index is -1.60. The molecule has 3 saturated heterocycles. The summed E-state index contributed by atoms with van der Waals surface area (Å²) in [6.45, 7) is 2.71. The van der Waals surface area contributed by atoms with Crippen LogP contribution in [0, 0.1) is 11.8 Å². The van der Waals surface area contributed by atoms with Crippen LogP contribution < -0.4 is 16.0 Å². The van der Waals surface area contributed by atoms with Gasteiger partial charge < -0.3 is 80.1 Å². The van der Waals surface area contributed by atoms with Gasteiger partial charge in [-0.2, -0.15) is 0 Å². The highest BCUT2D eigenvalue weighted by molar-refractivity contribution is 5.74. The van der Waals surface area contributed by atoms with Crippen molar-refractivity contribution in [1.82, 2.24) is 16.0 Å². The summed E-state index contributed by atoms with van der Waals surface area (Å²) in [5.41, 5.74) is 0. The number of nitrogens with one attached hydrogen (secondary N) is 3. The molecule has 20 nitrogen and oxygen atoms in total. The van der Waals surface area contributed by atoms with Crippen LogP contribution in [0.25, 0.3) is 0 Å². The molecular formula is C34H59N3O17. The molecule has 312 valence electrons. The summed E-state index contributed by atoms with van der Waals surface area (Å²) < 4.78 is 35.3. The number of amides is 3.